The van der Waals surface area contributed by atoms with Gasteiger partial charge in [-0.2, -0.15) is 0 Å². The average Bonchev–Trinajstić information content (AvgIpc) is 2.56. The highest BCUT2D eigenvalue weighted by molar-refractivity contribution is 6.32. The molecule has 3 nitrogen and oxygen atoms in total. The molecule has 0 aliphatic carbocycles. The molecule has 3 rings (SSSR count). The zero-order valence-corrected chi connectivity index (χ0v) is 12.4. The van der Waals surface area contributed by atoms with Crippen molar-refractivity contribution in [2.75, 3.05) is 19.7 Å². The van der Waals surface area contributed by atoms with E-state index in [-0.39, 0.29) is 12.2 Å². The van der Waals surface area contributed by atoms with Gasteiger partial charge in [0.2, 0.25) is 0 Å². The number of ether oxygens (including phenoxy) is 2. The predicted octanol–water partition coefficient (Wildman–Crippen LogP) is 3.45. The second-order valence-corrected chi connectivity index (χ2v) is 5.40. The van der Waals surface area contributed by atoms with Gasteiger partial charge in [-0.25, -0.2) is 0 Å². The van der Waals surface area contributed by atoms with Crippen LogP contribution in [0.5, 0.6) is 5.75 Å². The summed E-state index contributed by atoms with van der Waals surface area (Å²) in [7, 11) is 0. The minimum absolute atomic E-state index is 0.0302. The quantitative estimate of drug-likeness (QED) is 0.938. The third kappa shape index (κ3) is 3.56. The van der Waals surface area contributed by atoms with E-state index in [9.17, 15) is 0 Å². The molecule has 2 aromatic carbocycles. The van der Waals surface area contributed by atoms with Crippen molar-refractivity contribution in [3.05, 3.63) is 65.2 Å². The largest absolute Gasteiger partial charge is 0.481 e. The molecule has 1 heterocycles. The van der Waals surface area contributed by atoms with Crippen LogP contribution in [-0.2, 0) is 4.74 Å². The van der Waals surface area contributed by atoms with Crippen LogP contribution in [0.2, 0.25) is 5.02 Å². The first-order valence-electron chi connectivity index (χ1n) is 7.13. The predicted molar refractivity (Wildman–Crippen MR) is 83.9 cm³/mol. The Bertz CT molecular complexity index is 570. The molecule has 0 bridgehead atoms. The summed E-state index contributed by atoms with van der Waals surface area (Å²) >= 11 is 6.21. The summed E-state index contributed by atoms with van der Waals surface area (Å²) in [5.41, 5.74) is 1.09. The van der Waals surface area contributed by atoms with E-state index in [1.54, 1.807) is 0 Å². The maximum atomic E-state index is 6.21. The van der Waals surface area contributed by atoms with Crippen LogP contribution in [0.1, 0.15) is 11.7 Å². The molecular weight excluding hydrogens is 286 g/mol. The van der Waals surface area contributed by atoms with E-state index >= 15 is 0 Å². The smallest absolute Gasteiger partial charge is 0.151 e. The normalized spacial score (nSPS) is 20.0. The van der Waals surface area contributed by atoms with Crippen molar-refractivity contribution in [3.8, 4) is 5.75 Å². The van der Waals surface area contributed by atoms with Gasteiger partial charge in [0.05, 0.1) is 11.6 Å². The molecule has 0 saturated carbocycles. The fraction of sp³-hybridized carbons (Fsp3) is 0.294. The molecular formula is C17H18ClNO2. The van der Waals surface area contributed by atoms with E-state index in [1.165, 1.54) is 0 Å². The zero-order valence-electron chi connectivity index (χ0n) is 11.7. The monoisotopic (exact) mass is 303 g/mol. The highest BCUT2D eigenvalue weighted by Gasteiger charge is 2.28. The van der Waals surface area contributed by atoms with Crippen molar-refractivity contribution >= 4 is 11.6 Å². The fourth-order valence-corrected chi connectivity index (χ4v) is 2.64. The topological polar surface area (TPSA) is 30.5 Å². The summed E-state index contributed by atoms with van der Waals surface area (Å²) in [6, 6.07) is 17.7. The molecule has 110 valence electrons. The number of para-hydroxylation sites is 1. The Hall–Kier alpha value is -1.55. The van der Waals surface area contributed by atoms with Gasteiger partial charge < -0.3 is 14.8 Å². The van der Waals surface area contributed by atoms with Gasteiger partial charge in [0.15, 0.2) is 6.10 Å². The Morgan fingerprint density at radius 2 is 1.86 bits per heavy atom. The highest BCUT2D eigenvalue weighted by atomic mass is 35.5. The number of halogens is 1. The number of nitrogens with one attached hydrogen (secondary N) is 1. The van der Waals surface area contributed by atoms with Gasteiger partial charge in [-0.15, -0.1) is 0 Å². The first-order chi connectivity index (χ1) is 10.3. The maximum absolute atomic E-state index is 6.21. The third-order valence-electron chi connectivity index (χ3n) is 3.51. The molecule has 21 heavy (non-hydrogen) atoms. The van der Waals surface area contributed by atoms with Gasteiger partial charge in [-0.1, -0.05) is 54.1 Å². The van der Waals surface area contributed by atoms with Crippen LogP contribution in [0.4, 0.5) is 0 Å². The van der Waals surface area contributed by atoms with Gasteiger partial charge in [0.25, 0.3) is 0 Å². The number of rotatable bonds is 4. The lowest BCUT2D eigenvalue weighted by molar-refractivity contribution is -0.0432. The summed E-state index contributed by atoms with van der Waals surface area (Å²) in [6.45, 7) is 2.34. The average molecular weight is 304 g/mol. The maximum Gasteiger partial charge on any atom is 0.151 e. The summed E-state index contributed by atoms with van der Waals surface area (Å²) in [5, 5.41) is 3.96. The number of benzene rings is 2. The second kappa shape index (κ2) is 6.94. The first-order valence-corrected chi connectivity index (χ1v) is 7.51. The Kier molecular flexibility index (Phi) is 4.76. The first kappa shape index (κ1) is 14.4. The van der Waals surface area contributed by atoms with Crippen LogP contribution >= 0.6 is 11.6 Å². The fourth-order valence-electron chi connectivity index (χ4n) is 2.46. The molecule has 1 unspecified atom stereocenters. The van der Waals surface area contributed by atoms with Crippen molar-refractivity contribution in [1.29, 1.82) is 0 Å². The lowest BCUT2D eigenvalue weighted by atomic mass is 10.0. The Morgan fingerprint density at radius 1 is 1.10 bits per heavy atom. The molecule has 4 heteroatoms. The SMILES string of the molecule is Clc1ccccc1O[C@@H](c1ccccc1)C1CNCCO1. The molecule has 1 N–H and O–H groups in total. The molecule has 1 fully saturated rings. The Morgan fingerprint density at radius 3 is 2.57 bits per heavy atom. The minimum Gasteiger partial charge on any atom is -0.481 e. The van der Waals surface area contributed by atoms with Crippen LogP contribution in [0.25, 0.3) is 0 Å². The second-order valence-electron chi connectivity index (χ2n) is 4.99. The van der Waals surface area contributed by atoms with Crippen LogP contribution in [-0.4, -0.2) is 25.8 Å². The van der Waals surface area contributed by atoms with Gasteiger partial charge in [-0.3, -0.25) is 0 Å². The zero-order chi connectivity index (χ0) is 14.5. The Balaban J connectivity index is 1.87. The van der Waals surface area contributed by atoms with Crippen LogP contribution < -0.4 is 10.1 Å². The van der Waals surface area contributed by atoms with Crippen molar-refractivity contribution < 1.29 is 9.47 Å². The Labute approximate surface area is 129 Å². The summed E-state index contributed by atoms with van der Waals surface area (Å²) in [4.78, 5) is 0. The van der Waals surface area contributed by atoms with Gasteiger partial charge >= 0.3 is 0 Å². The number of hydrogen-bond acceptors (Lipinski definition) is 3. The number of morpholine rings is 1. The van der Waals surface area contributed by atoms with Crippen molar-refractivity contribution in [3.63, 3.8) is 0 Å². The molecule has 0 amide bonds. The van der Waals surface area contributed by atoms with E-state index in [1.807, 2.05) is 42.5 Å². The summed E-state index contributed by atoms with van der Waals surface area (Å²) in [5.74, 6) is 0.683. The van der Waals surface area contributed by atoms with Crippen molar-refractivity contribution in [2.45, 2.75) is 12.2 Å². The molecule has 1 aliphatic rings. The van der Waals surface area contributed by atoms with E-state index in [0.717, 1.165) is 18.7 Å². The van der Waals surface area contributed by atoms with E-state index < -0.39 is 0 Å². The minimum atomic E-state index is -0.182. The van der Waals surface area contributed by atoms with E-state index in [4.69, 9.17) is 21.1 Å². The highest BCUT2D eigenvalue weighted by Crippen LogP contribution is 2.31. The van der Waals surface area contributed by atoms with Gasteiger partial charge in [-0.05, 0) is 17.7 Å². The molecule has 0 spiro atoms. The number of hydrogen-bond donors (Lipinski definition) is 1. The summed E-state index contributed by atoms with van der Waals surface area (Å²) < 4.78 is 12.0. The molecule has 1 aliphatic heterocycles. The molecule has 2 atom stereocenters. The van der Waals surface area contributed by atoms with Crippen molar-refractivity contribution in [2.24, 2.45) is 0 Å². The lowest BCUT2D eigenvalue weighted by Crippen LogP contribution is -2.43. The van der Waals surface area contributed by atoms with E-state index in [2.05, 4.69) is 17.4 Å². The molecule has 0 aromatic heterocycles. The van der Waals surface area contributed by atoms with E-state index in [0.29, 0.717) is 17.4 Å². The summed E-state index contributed by atoms with van der Waals surface area (Å²) in [6.07, 6.45) is -0.212. The van der Waals surface area contributed by atoms with Crippen molar-refractivity contribution in [1.82, 2.24) is 5.32 Å². The van der Waals surface area contributed by atoms with Gasteiger partial charge in [0, 0.05) is 13.1 Å². The third-order valence-corrected chi connectivity index (χ3v) is 3.82. The van der Waals surface area contributed by atoms with Gasteiger partial charge in [0.1, 0.15) is 11.9 Å². The van der Waals surface area contributed by atoms with Crippen LogP contribution in [0.15, 0.2) is 54.6 Å². The molecule has 2 aromatic rings. The standard InChI is InChI=1S/C17H18ClNO2/c18-14-8-4-5-9-15(14)21-17(13-6-2-1-3-7-13)16-12-19-10-11-20-16/h1-9,16-17,19H,10-12H2/t16?,17-/m0/s1. The van der Waals surface area contributed by atoms with Crippen LogP contribution in [0.3, 0.4) is 0 Å². The molecule has 1 saturated heterocycles. The molecule has 0 radical (unpaired) electrons. The van der Waals surface area contributed by atoms with Crippen LogP contribution in [0, 0.1) is 0 Å². The lowest BCUT2D eigenvalue weighted by Gasteiger charge is -2.31.